The quantitative estimate of drug-likeness (QED) is 0.181. The fraction of sp³-hybridized carbons (Fsp3) is 0. The Bertz CT molecular complexity index is 3130. The lowest BCUT2D eigenvalue weighted by Crippen LogP contribution is -2.11. The zero-order chi connectivity index (χ0) is 34.2. The maximum absolute atomic E-state index is 6.80. The van der Waals surface area contributed by atoms with E-state index in [-0.39, 0.29) is 0 Å². The summed E-state index contributed by atoms with van der Waals surface area (Å²) in [6, 6.07) is 62.4. The van der Waals surface area contributed by atoms with E-state index in [1.165, 1.54) is 31.3 Å². The number of hydrogen-bond acceptors (Lipinski definition) is 4. The molecule has 0 amide bonds. The molecule has 0 saturated carbocycles. The van der Waals surface area contributed by atoms with Crippen molar-refractivity contribution in [2.75, 3.05) is 4.90 Å². The number of benzene rings is 8. The van der Waals surface area contributed by atoms with Crippen molar-refractivity contribution < 1.29 is 8.83 Å². The number of hydrogen-bond donors (Lipinski definition) is 0. The lowest BCUT2D eigenvalue weighted by Gasteiger charge is -2.28. The van der Waals surface area contributed by atoms with Crippen LogP contribution in [-0.4, -0.2) is 0 Å². The van der Waals surface area contributed by atoms with Gasteiger partial charge in [0.2, 0.25) is 0 Å². The molecule has 8 aromatic carbocycles. The lowest BCUT2D eigenvalue weighted by molar-refractivity contribution is 0.669. The van der Waals surface area contributed by atoms with Gasteiger partial charge in [0, 0.05) is 47.6 Å². The highest BCUT2D eigenvalue weighted by atomic mass is 32.1. The van der Waals surface area contributed by atoms with Gasteiger partial charge in [-0.3, -0.25) is 0 Å². The van der Waals surface area contributed by atoms with E-state index in [1.54, 1.807) is 0 Å². The van der Waals surface area contributed by atoms with E-state index < -0.39 is 0 Å². The molecule has 0 aliphatic rings. The van der Waals surface area contributed by atoms with E-state index in [0.717, 1.165) is 72.1 Å². The SMILES string of the molecule is c1ccc(-c2ccc(N(c3ccc4oc5ccccc5c4c3)c3cccc4sc5cccc(-c6ccccc6)c5c34)c3c2oc2ccccc23)cc1. The molecule has 52 heavy (non-hydrogen) atoms. The Labute approximate surface area is 303 Å². The largest absolute Gasteiger partial charge is 0.456 e. The minimum Gasteiger partial charge on any atom is -0.456 e. The summed E-state index contributed by atoms with van der Waals surface area (Å²) in [7, 11) is 0. The summed E-state index contributed by atoms with van der Waals surface area (Å²) in [5, 5.41) is 6.83. The molecule has 11 rings (SSSR count). The van der Waals surface area contributed by atoms with Gasteiger partial charge in [0.05, 0.1) is 16.8 Å². The number of para-hydroxylation sites is 2. The molecule has 3 nitrogen and oxygen atoms in total. The second kappa shape index (κ2) is 11.5. The molecule has 0 bridgehead atoms. The monoisotopic (exact) mass is 683 g/mol. The number of fused-ring (bicyclic) bond motifs is 9. The average Bonchev–Trinajstić information content (AvgIpc) is 3.90. The predicted octanol–water partition coefficient (Wildman–Crippen LogP) is 14.7. The van der Waals surface area contributed by atoms with E-state index in [2.05, 4.69) is 163 Å². The van der Waals surface area contributed by atoms with Crippen molar-refractivity contribution in [2.45, 2.75) is 0 Å². The molecular weight excluding hydrogens is 655 g/mol. The van der Waals surface area contributed by atoms with Gasteiger partial charge in [-0.05, 0) is 77.4 Å². The number of furan rings is 2. The Morgan fingerprint density at radius 2 is 1.00 bits per heavy atom. The molecule has 0 unspecified atom stereocenters. The number of thiophene rings is 1. The third-order valence-corrected chi connectivity index (χ3v) is 11.4. The first-order valence-electron chi connectivity index (χ1n) is 17.5. The number of rotatable bonds is 5. The van der Waals surface area contributed by atoms with Crippen molar-refractivity contribution in [2.24, 2.45) is 0 Å². The highest BCUT2D eigenvalue weighted by Crippen LogP contribution is 2.51. The van der Waals surface area contributed by atoms with E-state index in [0.29, 0.717) is 0 Å². The van der Waals surface area contributed by atoms with Crippen LogP contribution in [0.2, 0.25) is 0 Å². The zero-order valence-corrected chi connectivity index (χ0v) is 28.7. The van der Waals surface area contributed by atoms with Crippen LogP contribution in [0.15, 0.2) is 185 Å². The van der Waals surface area contributed by atoms with Gasteiger partial charge in [-0.2, -0.15) is 0 Å². The summed E-state index contributed by atoms with van der Waals surface area (Å²) >= 11 is 1.85. The van der Waals surface area contributed by atoms with Gasteiger partial charge in [-0.25, -0.2) is 0 Å². The fourth-order valence-corrected chi connectivity index (χ4v) is 9.15. The molecule has 0 atom stereocenters. The maximum atomic E-state index is 6.80. The predicted molar refractivity (Wildman–Crippen MR) is 219 cm³/mol. The normalized spacial score (nSPS) is 11.8. The molecule has 0 aliphatic heterocycles. The fourth-order valence-electron chi connectivity index (χ4n) is 8.00. The van der Waals surface area contributed by atoms with Crippen LogP contribution in [-0.2, 0) is 0 Å². The molecule has 244 valence electrons. The summed E-state index contributed by atoms with van der Waals surface area (Å²) in [5.74, 6) is 0. The lowest BCUT2D eigenvalue weighted by atomic mass is 9.97. The van der Waals surface area contributed by atoms with Gasteiger partial charge in [-0.1, -0.05) is 115 Å². The summed E-state index contributed by atoms with van der Waals surface area (Å²) in [6.07, 6.45) is 0. The summed E-state index contributed by atoms with van der Waals surface area (Å²) < 4.78 is 15.6. The van der Waals surface area contributed by atoms with Crippen molar-refractivity contribution in [1.29, 1.82) is 0 Å². The first-order valence-corrected chi connectivity index (χ1v) is 18.3. The van der Waals surface area contributed by atoms with E-state index in [1.807, 2.05) is 29.5 Å². The molecule has 11 aromatic rings. The highest BCUT2D eigenvalue weighted by Gasteiger charge is 2.25. The Morgan fingerprint density at radius 1 is 0.385 bits per heavy atom. The molecule has 3 aromatic heterocycles. The molecule has 3 heterocycles. The van der Waals surface area contributed by atoms with Crippen molar-refractivity contribution in [1.82, 2.24) is 0 Å². The van der Waals surface area contributed by atoms with Crippen molar-refractivity contribution >= 4 is 92.4 Å². The summed E-state index contributed by atoms with van der Waals surface area (Å²) in [4.78, 5) is 2.44. The third kappa shape index (κ3) is 4.38. The molecular formula is C48H29NO2S. The van der Waals surface area contributed by atoms with Crippen molar-refractivity contribution in [3.63, 3.8) is 0 Å². The van der Waals surface area contributed by atoms with Gasteiger partial charge in [0.25, 0.3) is 0 Å². The standard InChI is InChI=1S/C48H29NO2S/c1-3-13-30(14-4-1)33-19-11-23-43-46(33)47-38(20-12-24-44(47)52-43)49(32-25-28-42-37(29-32)35-17-7-9-21-40(35)50-42)39-27-26-34(31-15-5-2-6-16-31)48-45(39)36-18-8-10-22-41(36)51-48/h1-29H. The van der Waals surface area contributed by atoms with Crippen molar-refractivity contribution in [3.05, 3.63) is 176 Å². The van der Waals surface area contributed by atoms with Crippen LogP contribution in [0.4, 0.5) is 17.1 Å². The molecule has 0 N–H and O–H groups in total. The van der Waals surface area contributed by atoms with Gasteiger partial charge in [0.15, 0.2) is 0 Å². The molecule has 0 spiro atoms. The molecule has 0 fully saturated rings. The van der Waals surface area contributed by atoms with E-state index >= 15 is 0 Å². The van der Waals surface area contributed by atoms with Crippen LogP contribution in [0.1, 0.15) is 0 Å². The summed E-state index contributed by atoms with van der Waals surface area (Å²) in [6.45, 7) is 0. The topological polar surface area (TPSA) is 29.5 Å². The Kier molecular flexibility index (Phi) is 6.42. The van der Waals surface area contributed by atoms with Gasteiger partial charge in [-0.15, -0.1) is 11.3 Å². The molecule has 4 heteroatoms. The van der Waals surface area contributed by atoms with Gasteiger partial charge in [0.1, 0.15) is 22.3 Å². The maximum Gasteiger partial charge on any atom is 0.145 e. The molecule has 0 radical (unpaired) electrons. The third-order valence-electron chi connectivity index (χ3n) is 10.3. The summed E-state index contributed by atoms with van der Waals surface area (Å²) in [5.41, 5.74) is 11.3. The smallest absolute Gasteiger partial charge is 0.145 e. The van der Waals surface area contributed by atoms with Gasteiger partial charge < -0.3 is 13.7 Å². The highest BCUT2D eigenvalue weighted by molar-refractivity contribution is 7.26. The Hall–Kier alpha value is -6.62. The number of anilines is 3. The first kappa shape index (κ1) is 29.1. The second-order valence-electron chi connectivity index (χ2n) is 13.2. The Morgan fingerprint density at radius 3 is 1.79 bits per heavy atom. The first-order chi connectivity index (χ1) is 25.8. The van der Waals surface area contributed by atoms with E-state index in [4.69, 9.17) is 8.83 Å². The zero-order valence-electron chi connectivity index (χ0n) is 27.9. The van der Waals surface area contributed by atoms with Crippen LogP contribution < -0.4 is 4.90 Å². The van der Waals surface area contributed by atoms with Crippen LogP contribution >= 0.6 is 11.3 Å². The van der Waals surface area contributed by atoms with Crippen LogP contribution in [0.25, 0.3) is 86.3 Å². The van der Waals surface area contributed by atoms with Crippen LogP contribution in [0.3, 0.4) is 0 Å². The van der Waals surface area contributed by atoms with E-state index in [9.17, 15) is 0 Å². The number of nitrogens with zero attached hydrogens (tertiary/aromatic N) is 1. The minimum absolute atomic E-state index is 0.865. The molecule has 0 saturated heterocycles. The van der Waals surface area contributed by atoms with Crippen molar-refractivity contribution in [3.8, 4) is 22.3 Å². The second-order valence-corrected chi connectivity index (χ2v) is 14.3. The molecule has 0 aliphatic carbocycles. The average molecular weight is 684 g/mol. The van der Waals surface area contributed by atoms with Crippen LogP contribution in [0, 0.1) is 0 Å². The Balaban J connectivity index is 1.28. The minimum atomic E-state index is 0.865. The van der Waals surface area contributed by atoms with Crippen LogP contribution in [0.5, 0.6) is 0 Å². The van der Waals surface area contributed by atoms with Gasteiger partial charge >= 0.3 is 0 Å².